The minimum atomic E-state index is -0.478. The number of fused-ring (bicyclic) bond motifs is 5. The number of rotatable bonds is 14. The maximum atomic E-state index is 6.18. The average Bonchev–Trinajstić information content (AvgIpc) is 3.49. The van der Waals surface area contributed by atoms with E-state index in [1.54, 1.807) is 0 Å². The van der Waals surface area contributed by atoms with Crippen molar-refractivity contribution in [3.05, 3.63) is 216 Å². The topological polar surface area (TPSA) is 9.23 Å². The minimum absolute atomic E-state index is 0.354. The van der Waals surface area contributed by atoms with Gasteiger partial charge in [-0.15, -0.1) is 0 Å². The van der Waals surface area contributed by atoms with Crippen LogP contribution in [-0.4, -0.2) is 6.61 Å². The van der Waals surface area contributed by atoms with Gasteiger partial charge in [-0.2, -0.15) is 0 Å². The molecule has 0 bridgehead atoms. The second-order valence-corrected chi connectivity index (χ2v) is 15.4. The van der Waals surface area contributed by atoms with Crippen molar-refractivity contribution in [1.82, 2.24) is 0 Å². The van der Waals surface area contributed by atoms with Crippen molar-refractivity contribution in [2.75, 3.05) is 6.61 Å². The summed E-state index contributed by atoms with van der Waals surface area (Å²) in [4.78, 5) is 0. The molecule has 0 spiro atoms. The highest BCUT2D eigenvalue weighted by atomic mass is 16.5. The van der Waals surface area contributed by atoms with Gasteiger partial charge in [0.25, 0.3) is 0 Å². The molecule has 1 nitrogen and oxygen atoms in total. The largest absolute Gasteiger partial charge is 0.494 e. The molecule has 5 aromatic carbocycles. The quantitative estimate of drug-likeness (QED) is 0.0636. The molecule has 0 saturated heterocycles. The van der Waals surface area contributed by atoms with Gasteiger partial charge in [0.15, 0.2) is 0 Å². The lowest BCUT2D eigenvalue weighted by Gasteiger charge is -2.37. The van der Waals surface area contributed by atoms with Gasteiger partial charge in [0.2, 0.25) is 0 Å². The first-order valence-corrected chi connectivity index (χ1v) is 19.6. The van der Waals surface area contributed by atoms with Crippen molar-refractivity contribution < 1.29 is 4.74 Å². The van der Waals surface area contributed by atoms with Crippen LogP contribution in [0.15, 0.2) is 188 Å². The van der Waals surface area contributed by atoms with Gasteiger partial charge in [-0.25, -0.2) is 0 Å². The van der Waals surface area contributed by atoms with Crippen LogP contribution in [0.5, 0.6) is 5.75 Å². The molecule has 0 aliphatic heterocycles. The smallest absolute Gasteiger partial charge is 0.119 e. The number of benzene rings is 5. The van der Waals surface area contributed by atoms with E-state index in [2.05, 4.69) is 148 Å². The lowest BCUT2D eigenvalue weighted by atomic mass is 9.64. The highest BCUT2D eigenvalue weighted by Gasteiger charge is 2.49. The Bertz CT molecular complexity index is 2330. The first-order chi connectivity index (χ1) is 26.4. The summed E-state index contributed by atoms with van der Waals surface area (Å²) < 4.78 is 6.18. The highest BCUT2D eigenvalue weighted by Crippen LogP contribution is 2.59. The monoisotopic (exact) mass is 702 g/mol. The number of aryl methyl sites for hydroxylation is 1. The summed E-state index contributed by atoms with van der Waals surface area (Å²) in [5.74, 6) is 1.25. The van der Waals surface area contributed by atoms with Crippen molar-refractivity contribution >= 4 is 27.1 Å². The Kier molecular flexibility index (Phi) is 9.82. The summed E-state index contributed by atoms with van der Waals surface area (Å²) in [6, 6.07) is 37.0. The second-order valence-electron chi connectivity index (χ2n) is 15.4. The van der Waals surface area contributed by atoms with Crippen LogP contribution in [0.25, 0.3) is 27.1 Å². The number of ether oxygens (including phenoxy) is 1. The lowest BCUT2D eigenvalue weighted by Crippen LogP contribution is -2.30. The molecule has 1 unspecified atom stereocenters. The summed E-state index contributed by atoms with van der Waals surface area (Å²) in [5.41, 5.74) is 13.9. The number of hydrogen-bond acceptors (Lipinski definition) is 1. The van der Waals surface area contributed by atoms with E-state index in [9.17, 15) is 0 Å². The first-order valence-electron chi connectivity index (χ1n) is 19.6. The molecule has 8 rings (SSSR count). The van der Waals surface area contributed by atoms with Gasteiger partial charge in [0, 0.05) is 5.92 Å². The molecular formula is C53H50O. The van der Waals surface area contributed by atoms with Gasteiger partial charge >= 0.3 is 0 Å². The standard InChI is InChI=1S/C53H50O/c1-6-36(3)14-8-9-17-39-21-22-41-31-45(26-23-40(41)30-39)53(46-27-24-43-33-47(28-25-42(43)32-46)54-29-13-15-37(4)7-2)51-20-11-10-19-48(51)50-35-49-38(5)16-12-18-44(49)34-52(50)53/h6-7,10-12,18-28,30-34,49H,1-5,8-9,13-17,29,35H2/t49-,53?/m1/s1. The van der Waals surface area contributed by atoms with Crippen molar-refractivity contribution in [2.45, 2.75) is 56.8 Å². The summed E-state index contributed by atoms with van der Waals surface area (Å²) in [6.07, 6.45) is 19.0. The fourth-order valence-corrected chi connectivity index (χ4v) is 9.02. The maximum Gasteiger partial charge on any atom is 0.119 e. The van der Waals surface area contributed by atoms with Gasteiger partial charge in [-0.3, -0.25) is 0 Å². The molecule has 1 heteroatoms. The predicted octanol–water partition coefficient (Wildman–Crippen LogP) is 13.9. The number of hydrogen-bond donors (Lipinski definition) is 0. The van der Waals surface area contributed by atoms with E-state index in [1.807, 2.05) is 12.2 Å². The Balaban J connectivity index is 1.23. The van der Waals surface area contributed by atoms with E-state index in [4.69, 9.17) is 4.74 Å². The fourth-order valence-electron chi connectivity index (χ4n) is 9.02. The SMILES string of the molecule is C=CC(=C)CCCCc1ccc2cc(C3(c4ccc5cc(OCCCC(=C)C=C)ccc5c4)C4=C(C[C@@H]5C(=C)CC=CC5=C4)c4ccccc43)ccc2c1. The van der Waals surface area contributed by atoms with Crippen LogP contribution in [0.1, 0.15) is 72.8 Å². The van der Waals surface area contributed by atoms with E-state index in [1.165, 1.54) is 71.7 Å². The van der Waals surface area contributed by atoms with Gasteiger partial charge < -0.3 is 4.74 Å². The molecule has 0 radical (unpaired) electrons. The fraction of sp³-hybridized carbons (Fsp3) is 0.208. The molecular weight excluding hydrogens is 653 g/mol. The van der Waals surface area contributed by atoms with Crippen LogP contribution in [0.2, 0.25) is 0 Å². The van der Waals surface area contributed by atoms with Gasteiger partial charge in [-0.1, -0.05) is 153 Å². The molecule has 5 aromatic rings. The first kappa shape index (κ1) is 35.4. The number of unbranched alkanes of at least 4 members (excludes halogenated alkanes) is 1. The molecule has 2 atom stereocenters. The third-order valence-corrected chi connectivity index (χ3v) is 12.0. The van der Waals surface area contributed by atoms with Crippen LogP contribution in [-0.2, 0) is 11.8 Å². The molecule has 268 valence electrons. The molecule has 0 fully saturated rings. The van der Waals surface area contributed by atoms with Crippen LogP contribution in [0, 0.1) is 5.92 Å². The normalized spacial score (nSPS) is 18.6. The average molecular weight is 703 g/mol. The van der Waals surface area contributed by atoms with E-state index >= 15 is 0 Å². The maximum absolute atomic E-state index is 6.18. The highest BCUT2D eigenvalue weighted by molar-refractivity contribution is 5.93. The number of allylic oxidation sites excluding steroid dienone is 11. The molecule has 3 aliphatic carbocycles. The zero-order chi connectivity index (χ0) is 37.2. The van der Waals surface area contributed by atoms with Gasteiger partial charge in [0.05, 0.1) is 12.0 Å². The molecule has 0 aromatic heterocycles. The zero-order valence-electron chi connectivity index (χ0n) is 31.5. The Labute approximate surface area is 321 Å². The molecule has 0 heterocycles. The van der Waals surface area contributed by atoms with Crippen molar-refractivity contribution in [1.29, 1.82) is 0 Å². The van der Waals surface area contributed by atoms with E-state index in [-0.39, 0.29) is 0 Å². The Hall–Kier alpha value is -5.66. The molecule has 0 amide bonds. The predicted molar refractivity (Wildman–Crippen MR) is 231 cm³/mol. The third-order valence-electron chi connectivity index (χ3n) is 12.0. The van der Waals surface area contributed by atoms with Crippen LogP contribution < -0.4 is 4.74 Å². The Morgan fingerprint density at radius 3 is 2.17 bits per heavy atom. The van der Waals surface area contributed by atoms with Gasteiger partial charge in [0.1, 0.15) is 5.75 Å². The van der Waals surface area contributed by atoms with Crippen molar-refractivity contribution in [3.8, 4) is 5.75 Å². The van der Waals surface area contributed by atoms with Gasteiger partial charge in [-0.05, 0) is 142 Å². The molecule has 3 aliphatic rings. The van der Waals surface area contributed by atoms with E-state index in [0.717, 1.165) is 68.3 Å². The van der Waals surface area contributed by atoms with Crippen molar-refractivity contribution in [3.63, 3.8) is 0 Å². The summed E-state index contributed by atoms with van der Waals surface area (Å²) >= 11 is 0. The summed E-state index contributed by atoms with van der Waals surface area (Å²) in [5, 5.41) is 4.94. The molecule has 0 N–H and O–H groups in total. The minimum Gasteiger partial charge on any atom is -0.494 e. The van der Waals surface area contributed by atoms with Crippen LogP contribution >= 0.6 is 0 Å². The lowest BCUT2D eigenvalue weighted by molar-refractivity contribution is 0.312. The van der Waals surface area contributed by atoms with Crippen LogP contribution in [0.3, 0.4) is 0 Å². The zero-order valence-corrected chi connectivity index (χ0v) is 31.5. The summed E-state index contributed by atoms with van der Waals surface area (Å²) in [6.45, 7) is 21.0. The Morgan fingerprint density at radius 2 is 1.41 bits per heavy atom. The summed E-state index contributed by atoms with van der Waals surface area (Å²) in [7, 11) is 0. The van der Waals surface area contributed by atoms with E-state index < -0.39 is 5.41 Å². The van der Waals surface area contributed by atoms with Crippen molar-refractivity contribution in [2.24, 2.45) is 5.92 Å². The molecule has 54 heavy (non-hydrogen) atoms. The van der Waals surface area contributed by atoms with E-state index in [0.29, 0.717) is 12.5 Å². The Morgan fingerprint density at radius 1 is 0.741 bits per heavy atom. The second kappa shape index (κ2) is 15.0. The van der Waals surface area contributed by atoms with Crippen LogP contribution in [0.4, 0.5) is 0 Å². The molecule has 0 saturated carbocycles. The third kappa shape index (κ3) is 6.47.